The number of alkyl carbamates (subject to hydrolysis) is 1. The van der Waals surface area contributed by atoms with E-state index in [0.717, 1.165) is 54.4 Å². The second-order valence-corrected chi connectivity index (χ2v) is 9.72. The van der Waals surface area contributed by atoms with Crippen molar-refractivity contribution < 1.29 is 24.2 Å². The summed E-state index contributed by atoms with van der Waals surface area (Å²) in [6.07, 6.45) is 4.94. The zero-order valence-electron chi connectivity index (χ0n) is 19.1. The maximum Gasteiger partial charge on any atom is 0.408 e. The van der Waals surface area contributed by atoms with Gasteiger partial charge in [-0.05, 0) is 53.9 Å². The van der Waals surface area contributed by atoms with Gasteiger partial charge in [-0.25, -0.2) is 9.59 Å². The summed E-state index contributed by atoms with van der Waals surface area (Å²) < 4.78 is 5.59. The Morgan fingerprint density at radius 2 is 1.53 bits per heavy atom. The molecule has 2 saturated carbocycles. The Morgan fingerprint density at radius 1 is 0.941 bits per heavy atom. The number of amides is 2. The fourth-order valence-corrected chi connectivity index (χ4v) is 5.49. The molecule has 7 nitrogen and oxygen atoms in total. The van der Waals surface area contributed by atoms with Gasteiger partial charge in [0.25, 0.3) is 0 Å². The molecule has 0 aromatic heterocycles. The molecule has 2 aromatic rings. The Labute approximate surface area is 198 Å². The van der Waals surface area contributed by atoms with E-state index in [9.17, 15) is 19.5 Å². The molecule has 0 bridgehead atoms. The standard InChI is InChI=1S/C27H30N2O5/c30-24(31)23(17-8-2-1-3-9-17)28-25(32)27(14-15-27)29-26(33)34-16-22-20-12-6-4-10-18(20)19-11-5-7-13-21(19)22/h4-7,10-13,17,22-23H,1-3,8-9,14-16H2,(H,28,32)(H,29,33)(H,30,31). The number of carboxylic acids is 1. The number of ether oxygens (including phenoxy) is 1. The second-order valence-electron chi connectivity index (χ2n) is 9.72. The second kappa shape index (κ2) is 9.12. The molecule has 3 N–H and O–H groups in total. The van der Waals surface area contributed by atoms with Crippen LogP contribution in [0.25, 0.3) is 11.1 Å². The predicted octanol–water partition coefficient (Wildman–Crippen LogP) is 4.21. The van der Waals surface area contributed by atoms with Gasteiger partial charge in [0.2, 0.25) is 5.91 Å². The first-order chi connectivity index (χ1) is 16.5. The quantitative estimate of drug-likeness (QED) is 0.572. The fourth-order valence-electron chi connectivity index (χ4n) is 5.49. The minimum atomic E-state index is -1.08. The Morgan fingerprint density at radius 3 is 2.09 bits per heavy atom. The van der Waals surface area contributed by atoms with Gasteiger partial charge in [0, 0.05) is 5.92 Å². The van der Waals surface area contributed by atoms with Crippen LogP contribution in [-0.4, -0.2) is 41.3 Å². The van der Waals surface area contributed by atoms with Crippen LogP contribution in [-0.2, 0) is 14.3 Å². The van der Waals surface area contributed by atoms with Crippen molar-refractivity contribution in [3.8, 4) is 11.1 Å². The van der Waals surface area contributed by atoms with Crippen LogP contribution < -0.4 is 10.6 Å². The predicted molar refractivity (Wildman–Crippen MR) is 126 cm³/mol. The highest BCUT2D eigenvalue weighted by Crippen LogP contribution is 2.44. The summed E-state index contributed by atoms with van der Waals surface area (Å²) in [6, 6.07) is 15.3. The molecule has 2 fully saturated rings. The van der Waals surface area contributed by atoms with Crippen LogP contribution in [0.1, 0.15) is 62.0 Å². The van der Waals surface area contributed by atoms with E-state index in [1.807, 2.05) is 36.4 Å². The maximum absolute atomic E-state index is 13.0. The molecule has 34 heavy (non-hydrogen) atoms. The molecular weight excluding hydrogens is 432 g/mol. The van der Waals surface area contributed by atoms with E-state index in [2.05, 4.69) is 22.8 Å². The molecule has 0 saturated heterocycles. The van der Waals surface area contributed by atoms with Gasteiger partial charge in [-0.15, -0.1) is 0 Å². The molecular formula is C27H30N2O5. The third kappa shape index (κ3) is 4.27. The smallest absolute Gasteiger partial charge is 0.408 e. The van der Waals surface area contributed by atoms with Crippen LogP contribution in [0.3, 0.4) is 0 Å². The van der Waals surface area contributed by atoms with Crippen molar-refractivity contribution in [2.24, 2.45) is 5.92 Å². The Balaban J connectivity index is 1.21. The van der Waals surface area contributed by atoms with E-state index in [1.54, 1.807) is 0 Å². The van der Waals surface area contributed by atoms with E-state index >= 15 is 0 Å². The maximum atomic E-state index is 13.0. The number of fused-ring (bicyclic) bond motifs is 3. The SMILES string of the molecule is O=C(NC1(C(=O)NC(C(=O)O)C2CCCCC2)CC1)OCC1c2ccccc2-c2ccccc21. The van der Waals surface area contributed by atoms with Crippen molar-refractivity contribution in [2.45, 2.75) is 62.4 Å². The number of hydrogen-bond donors (Lipinski definition) is 3. The fraction of sp³-hybridized carbons (Fsp3) is 0.444. The summed E-state index contributed by atoms with van der Waals surface area (Å²) >= 11 is 0. The Bertz CT molecular complexity index is 1060. The number of carboxylic acid groups (broad SMARTS) is 1. The van der Waals surface area contributed by atoms with Crippen molar-refractivity contribution in [1.29, 1.82) is 0 Å². The van der Waals surface area contributed by atoms with Gasteiger partial charge in [0.05, 0.1) is 0 Å². The molecule has 5 rings (SSSR count). The number of benzene rings is 2. The number of hydrogen-bond acceptors (Lipinski definition) is 4. The van der Waals surface area contributed by atoms with Crippen LogP contribution in [0.5, 0.6) is 0 Å². The van der Waals surface area contributed by atoms with Gasteiger partial charge >= 0.3 is 12.1 Å². The molecule has 3 aliphatic carbocycles. The van der Waals surface area contributed by atoms with Crippen molar-refractivity contribution in [3.63, 3.8) is 0 Å². The molecule has 0 heterocycles. The first-order valence-electron chi connectivity index (χ1n) is 12.2. The lowest BCUT2D eigenvalue weighted by Gasteiger charge is -2.29. The minimum absolute atomic E-state index is 0.0650. The van der Waals surface area contributed by atoms with Gasteiger partial charge in [-0.2, -0.15) is 0 Å². The van der Waals surface area contributed by atoms with Gasteiger partial charge in [0.15, 0.2) is 0 Å². The van der Waals surface area contributed by atoms with Crippen LogP contribution in [0.2, 0.25) is 0 Å². The first kappa shape index (κ1) is 22.4. The topological polar surface area (TPSA) is 105 Å². The van der Waals surface area contributed by atoms with Crippen LogP contribution in [0.15, 0.2) is 48.5 Å². The van der Waals surface area contributed by atoms with Crippen molar-refractivity contribution in [2.75, 3.05) is 6.61 Å². The average molecular weight is 463 g/mol. The largest absolute Gasteiger partial charge is 0.480 e. The van der Waals surface area contributed by atoms with E-state index in [1.165, 1.54) is 0 Å². The number of carbonyl (C=O) groups is 3. The summed E-state index contributed by atoms with van der Waals surface area (Å²) in [6.45, 7) is 0.164. The highest BCUT2D eigenvalue weighted by atomic mass is 16.5. The van der Waals surface area contributed by atoms with E-state index in [-0.39, 0.29) is 18.4 Å². The summed E-state index contributed by atoms with van der Waals surface area (Å²) in [5.41, 5.74) is 3.45. The number of carbonyl (C=O) groups excluding carboxylic acids is 2. The third-order valence-corrected chi connectivity index (χ3v) is 7.54. The molecule has 0 aliphatic heterocycles. The van der Waals surface area contributed by atoms with Crippen LogP contribution in [0, 0.1) is 5.92 Å². The Hall–Kier alpha value is -3.35. The van der Waals surface area contributed by atoms with Crippen LogP contribution >= 0.6 is 0 Å². The highest BCUT2D eigenvalue weighted by Gasteiger charge is 2.53. The highest BCUT2D eigenvalue weighted by molar-refractivity contribution is 5.95. The van der Waals surface area contributed by atoms with Gasteiger partial charge < -0.3 is 20.5 Å². The molecule has 178 valence electrons. The molecule has 0 radical (unpaired) electrons. The molecule has 0 spiro atoms. The summed E-state index contributed by atoms with van der Waals surface area (Å²) in [5.74, 6) is -1.58. The van der Waals surface area contributed by atoms with Crippen molar-refractivity contribution >= 4 is 18.0 Å². The molecule has 1 unspecified atom stereocenters. The monoisotopic (exact) mass is 462 g/mol. The molecule has 2 aromatic carbocycles. The first-order valence-corrected chi connectivity index (χ1v) is 12.2. The van der Waals surface area contributed by atoms with E-state index in [0.29, 0.717) is 12.8 Å². The van der Waals surface area contributed by atoms with Crippen molar-refractivity contribution in [3.05, 3.63) is 59.7 Å². The van der Waals surface area contributed by atoms with Crippen LogP contribution in [0.4, 0.5) is 4.79 Å². The molecule has 1 atom stereocenters. The normalized spacial score (nSPS) is 19.4. The lowest BCUT2D eigenvalue weighted by molar-refractivity contribution is -0.144. The van der Waals surface area contributed by atoms with E-state index < -0.39 is 29.6 Å². The summed E-state index contributed by atoms with van der Waals surface area (Å²) in [7, 11) is 0. The van der Waals surface area contributed by atoms with Gasteiger partial charge in [-0.1, -0.05) is 67.8 Å². The third-order valence-electron chi connectivity index (χ3n) is 7.54. The number of rotatable bonds is 7. The summed E-state index contributed by atoms with van der Waals surface area (Å²) in [5, 5.41) is 15.1. The average Bonchev–Trinajstić information content (AvgIpc) is 3.57. The lowest BCUT2D eigenvalue weighted by Crippen LogP contribution is -2.55. The van der Waals surface area contributed by atoms with Gasteiger partial charge in [0.1, 0.15) is 18.2 Å². The van der Waals surface area contributed by atoms with E-state index in [4.69, 9.17) is 4.74 Å². The Kier molecular flexibility index (Phi) is 6.02. The van der Waals surface area contributed by atoms with Gasteiger partial charge in [-0.3, -0.25) is 4.79 Å². The summed E-state index contributed by atoms with van der Waals surface area (Å²) in [4.78, 5) is 37.5. The lowest BCUT2D eigenvalue weighted by atomic mass is 9.83. The zero-order valence-corrected chi connectivity index (χ0v) is 19.1. The van der Waals surface area contributed by atoms with Crippen molar-refractivity contribution in [1.82, 2.24) is 10.6 Å². The zero-order chi connectivity index (χ0) is 23.7. The molecule has 7 heteroatoms. The molecule has 2 amide bonds. The molecule has 3 aliphatic rings. The number of nitrogens with one attached hydrogen (secondary N) is 2. The minimum Gasteiger partial charge on any atom is -0.480 e. The number of aliphatic carboxylic acids is 1.